The summed E-state index contributed by atoms with van der Waals surface area (Å²) in [6.07, 6.45) is 2.05. The van der Waals surface area contributed by atoms with Gasteiger partial charge in [-0.25, -0.2) is 0 Å². The first-order chi connectivity index (χ1) is 9.65. The lowest BCUT2D eigenvalue weighted by Crippen LogP contribution is -2.42. The molecular formula is C16H25ClN2O2. The van der Waals surface area contributed by atoms with Crippen molar-refractivity contribution < 1.29 is 9.53 Å². The molecule has 1 atom stereocenters. The van der Waals surface area contributed by atoms with Crippen LogP contribution in [0, 0.1) is 5.92 Å². The average molecular weight is 313 g/mol. The number of methoxy groups -OCH3 is 1. The van der Waals surface area contributed by atoms with Gasteiger partial charge in [-0.15, -0.1) is 12.4 Å². The van der Waals surface area contributed by atoms with Crippen LogP contribution in [0.5, 0.6) is 5.75 Å². The first-order valence-electron chi connectivity index (χ1n) is 7.28. The molecule has 0 bridgehead atoms. The van der Waals surface area contributed by atoms with Crippen molar-refractivity contribution in [2.45, 2.75) is 25.7 Å². The molecule has 1 saturated heterocycles. The van der Waals surface area contributed by atoms with E-state index in [9.17, 15) is 4.79 Å². The van der Waals surface area contributed by atoms with Crippen LogP contribution in [0.4, 0.5) is 0 Å². The molecule has 0 aromatic heterocycles. The highest BCUT2D eigenvalue weighted by molar-refractivity contribution is 5.85. The molecule has 4 nitrogen and oxygen atoms in total. The number of carbonyl (C=O) groups is 1. The van der Waals surface area contributed by atoms with Gasteiger partial charge in [0.25, 0.3) is 0 Å². The number of nitrogens with zero attached hydrogens (tertiary/aromatic N) is 1. The molecule has 0 radical (unpaired) electrons. The second-order valence-electron chi connectivity index (χ2n) is 5.51. The number of hydrogen-bond donors (Lipinski definition) is 1. The van der Waals surface area contributed by atoms with Crippen molar-refractivity contribution in [1.29, 1.82) is 0 Å². The van der Waals surface area contributed by atoms with Gasteiger partial charge in [-0.3, -0.25) is 4.79 Å². The second-order valence-corrected chi connectivity index (χ2v) is 5.51. The van der Waals surface area contributed by atoms with Crippen molar-refractivity contribution in [3.05, 3.63) is 29.8 Å². The quantitative estimate of drug-likeness (QED) is 0.929. The van der Waals surface area contributed by atoms with Crippen LogP contribution in [-0.4, -0.2) is 37.6 Å². The monoisotopic (exact) mass is 312 g/mol. The topological polar surface area (TPSA) is 55.6 Å². The average Bonchev–Trinajstić information content (AvgIpc) is 2.53. The lowest BCUT2D eigenvalue weighted by Gasteiger charge is -2.33. The van der Waals surface area contributed by atoms with Gasteiger partial charge in [0.05, 0.1) is 7.11 Å². The normalized spacial score (nSPS) is 17.0. The van der Waals surface area contributed by atoms with Gasteiger partial charge >= 0.3 is 0 Å². The Kier molecular flexibility index (Phi) is 6.99. The third-order valence-corrected chi connectivity index (χ3v) is 4.17. The molecule has 118 valence electrons. The Bertz CT molecular complexity index is 442. The molecule has 0 aliphatic carbocycles. The molecule has 1 heterocycles. The van der Waals surface area contributed by atoms with Crippen molar-refractivity contribution in [2.24, 2.45) is 11.7 Å². The molecule has 0 spiro atoms. The second kappa shape index (κ2) is 8.25. The van der Waals surface area contributed by atoms with Crippen molar-refractivity contribution in [2.75, 3.05) is 26.7 Å². The highest BCUT2D eigenvalue weighted by atomic mass is 35.5. The molecule has 1 unspecified atom stereocenters. The maximum atomic E-state index is 12.1. The molecule has 2 rings (SSSR count). The van der Waals surface area contributed by atoms with E-state index in [0.717, 1.165) is 31.7 Å². The highest BCUT2D eigenvalue weighted by Crippen LogP contribution is 2.29. The largest absolute Gasteiger partial charge is 0.497 e. The number of piperidine rings is 1. The van der Waals surface area contributed by atoms with Crippen LogP contribution >= 0.6 is 12.4 Å². The molecule has 1 aromatic rings. The fourth-order valence-corrected chi connectivity index (χ4v) is 2.72. The van der Waals surface area contributed by atoms with E-state index in [2.05, 4.69) is 12.1 Å². The number of halogens is 1. The molecule has 1 amide bonds. The van der Waals surface area contributed by atoms with Gasteiger partial charge in [0, 0.05) is 25.6 Å². The van der Waals surface area contributed by atoms with E-state index >= 15 is 0 Å². The predicted molar refractivity (Wildman–Crippen MR) is 87.0 cm³/mol. The summed E-state index contributed by atoms with van der Waals surface area (Å²) < 4.78 is 5.18. The van der Waals surface area contributed by atoms with E-state index in [1.165, 1.54) is 5.56 Å². The summed E-state index contributed by atoms with van der Waals surface area (Å²) in [5.41, 5.74) is 6.90. The minimum atomic E-state index is -0.0625. The number of rotatable bonds is 4. The van der Waals surface area contributed by atoms with Gasteiger partial charge in [0.1, 0.15) is 5.75 Å². The number of ether oxygens (including phenoxy) is 1. The zero-order valence-electron chi connectivity index (χ0n) is 12.7. The highest BCUT2D eigenvalue weighted by Gasteiger charge is 2.25. The summed E-state index contributed by atoms with van der Waals surface area (Å²) in [7, 11) is 1.68. The molecule has 1 aromatic carbocycles. The van der Waals surface area contributed by atoms with Gasteiger partial charge in [0.2, 0.25) is 5.91 Å². The van der Waals surface area contributed by atoms with Crippen LogP contribution in [-0.2, 0) is 4.79 Å². The Hall–Kier alpha value is -1.26. The van der Waals surface area contributed by atoms with Gasteiger partial charge < -0.3 is 15.4 Å². The van der Waals surface area contributed by atoms with Crippen LogP contribution in [0.1, 0.15) is 31.2 Å². The molecule has 2 N–H and O–H groups in total. The third kappa shape index (κ3) is 4.35. The zero-order valence-corrected chi connectivity index (χ0v) is 13.6. The fraction of sp³-hybridized carbons (Fsp3) is 0.562. The van der Waals surface area contributed by atoms with Crippen molar-refractivity contribution in [3.63, 3.8) is 0 Å². The molecule has 1 fully saturated rings. The maximum Gasteiger partial charge on any atom is 0.226 e. The molecule has 1 aliphatic rings. The number of nitrogens with two attached hydrogens (primary N) is 1. The van der Waals surface area contributed by atoms with Crippen LogP contribution in [0.2, 0.25) is 0 Å². The standard InChI is InChI=1S/C16H24N2O2.ClH/c1-12(11-17)16(19)18-9-7-14(8-10-18)13-3-5-15(20-2)6-4-13;/h3-6,12,14H,7-11,17H2,1-2H3;1H. The summed E-state index contributed by atoms with van der Waals surface area (Å²) in [6.45, 7) is 3.99. The number of carbonyl (C=O) groups excluding carboxylic acids is 1. The minimum absolute atomic E-state index is 0. The lowest BCUT2D eigenvalue weighted by atomic mass is 9.89. The minimum Gasteiger partial charge on any atom is -0.497 e. The molecule has 21 heavy (non-hydrogen) atoms. The first kappa shape index (κ1) is 17.8. The number of benzene rings is 1. The van der Waals surface area contributed by atoms with E-state index in [4.69, 9.17) is 10.5 Å². The number of likely N-dealkylation sites (tertiary alicyclic amines) is 1. The van der Waals surface area contributed by atoms with Crippen LogP contribution in [0.15, 0.2) is 24.3 Å². The van der Waals surface area contributed by atoms with E-state index < -0.39 is 0 Å². The van der Waals surface area contributed by atoms with Gasteiger partial charge in [0.15, 0.2) is 0 Å². The van der Waals surface area contributed by atoms with E-state index in [1.54, 1.807) is 7.11 Å². The number of hydrogen-bond acceptors (Lipinski definition) is 3. The maximum absolute atomic E-state index is 12.1. The molecular weight excluding hydrogens is 288 g/mol. The Morgan fingerprint density at radius 1 is 1.33 bits per heavy atom. The van der Waals surface area contributed by atoms with E-state index in [-0.39, 0.29) is 24.2 Å². The van der Waals surface area contributed by atoms with Crippen LogP contribution < -0.4 is 10.5 Å². The molecule has 1 aliphatic heterocycles. The fourth-order valence-electron chi connectivity index (χ4n) is 2.72. The Morgan fingerprint density at radius 2 is 1.90 bits per heavy atom. The van der Waals surface area contributed by atoms with Crippen LogP contribution in [0.25, 0.3) is 0 Å². The smallest absolute Gasteiger partial charge is 0.226 e. The summed E-state index contributed by atoms with van der Waals surface area (Å²) in [6, 6.07) is 8.26. The van der Waals surface area contributed by atoms with Gasteiger partial charge in [-0.1, -0.05) is 19.1 Å². The van der Waals surface area contributed by atoms with Gasteiger partial charge in [-0.05, 0) is 36.5 Å². The van der Waals surface area contributed by atoms with Crippen LogP contribution in [0.3, 0.4) is 0 Å². The summed E-state index contributed by atoms with van der Waals surface area (Å²) in [4.78, 5) is 14.0. The number of amides is 1. The Labute approximate surface area is 133 Å². The summed E-state index contributed by atoms with van der Waals surface area (Å²) in [5, 5.41) is 0. The van der Waals surface area contributed by atoms with Crippen molar-refractivity contribution in [1.82, 2.24) is 4.90 Å². The Balaban J connectivity index is 0.00000220. The van der Waals surface area contributed by atoms with E-state index in [0.29, 0.717) is 12.5 Å². The third-order valence-electron chi connectivity index (χ3n) is 4.17. The van der Waals surface area contributed by atoms with Crippen molar-refractivity contribution >= 4 is 18.3 Å². The predicted octanol–water partition coefficient (Wildman–Crippen LogP) is 2.42. The summed E-state index contributed by atoms with van der Waals surface area (Å²) in [5.74, 6) is 1.56. The van der Waals surface area contributed by atoms with Crippen molar-refractivity contribution in [3.8, 4) is 5.75 Å². The summed E-state index contributed by atoms with van der Waals surface area (Å²) >= 11 is 0. The van der Waals surface area contributed by atoms with Gasteiger partial charge in [-0.2, -0.15) is 0 Å². The molecule has 0 saturated carbocycles. The first-order valence-corrected chi connectivity index (χ1v) is 7.28. The lowest BCUT2D eigenvalue weighted by molar-refractivity contribution is -0.135. The SMILES string of the molecule is COc1ccc(C2CCN(C(=O)C(C)CN)CC2)cc1.Cl. The molecule has 5 heteroatoms. The van der Waals surface area contributed by atoms with E-state index in [1.807, 2.05) is 24.0 Å². The zero-order chi connectivity index (χ0) is 14.5. The Morgan fingerprint density at radius 3 is 2.38 bits per heavy atom.